The molecule has 0 heterocycles. The van der Waals surface area contributed by atoms with Gasteiger partial charge in [-0.15, -0.1) is 0 Å². The highest BCUT2D eigenvalue weighted by Crippen LogP contribution is 2.27. The Kier molecular flexibility index (Phi) is 4.29. The Hall–Kier alpha value is 0.01000. The molecule has 1 nitrogen and oxygen atoms in total. The minimum atomic E-state index is 0.609. The highest BCUT2D eigenvalue weighted by atomic mass is 79.9. The summed E-state index contributed by atoms with van der Waals surface area (Å²) < 4.78 is 5.91. The summed E-state index contributed by atoms with van der Waals surface area (Å²) in [5, 5.41) is 0.609. The zero-order valence-corrected chi connectivity index (χ0v) is 10.8. The number of rotatable bonds is 2. The molecule has 0 radical (unpaired) electrons. The van der Waals surface area contributed by atoms with Crippen molar-refractivity contribution in [2.24, 2.45) is 0 Å². The van der Waals surface area contributed by atoms with Gasteiger partial charge in [-0.25, -0.2) is 0 Å². The Bertz CT molecular complexity index is 332. The molecule has 1 rings (SSSR count). The van der Waals surface area contributed by atoms with E-state index in [0.29, 0.717) is 10.8 Å². The zero-order chi connectivity index (χ0) is 9.84. The van der Waals surface area contributed by atoms with Crippen molar-refractivity contribution < 1.29 is 4.74 Å². The normalized spacial score (nSPS) is 9.54. The van der Waals surface area contributed by atoms with E-state index in [1.807, 2.05) is 24.3 Å². The van der Waals surface area contributed by atoms with Gasteiger partial charge in [0.05, 0.1) is 15.5 Å². The first-order valence-electron chi connectivity index (χ1n) is 3.49. The fraction of sp³-hybridized carbons (Fsp3) is 0.111. The quantitative estimate of drug-likeness (QED) is 0.781. The van der Waals surface area contributed by atoms with Crippen LogP contribution in [0.25, 0.3) is 6.08 Å². The molecule has 1 aromatic rings. The molecule has 0 bridgehead atoms. The molecule has 13 heavy (non-hydrogen) atoms. The van der Waals surface area contributed by atoms with Gasteiger partial charge in [0.2, 0.25) is 0 Å². The lowest BCUT2D eigenvalue weighted by atomic mass is 10.2. The van der Waals surface area contributed by atoms with Crippen LogP contribution in [0.15, 0.2) is 21.6 Å². The molecule has 0 saturated heterocycles. The van der Waals surface area contributed by atoms with Crippen LogP contribution < -0.4 is 4.74 Å². The summed E-state index contributed by atoms with van der Waals surface area (Å²) in [5.41, 5.74) is 1.01. The van der Waals surface area contributed by atoms with Gasteiger partial charge < -0.3 is 4.74 Å². The maximum Gasteiger partial charge on any atom is 0.137 e. The number of benzene rings is 1. The van der Waals surface area contributed by atoms with E-state index < -0.39 is 0 Å². The fourth-order valence-electron chi connectivity index (χ4n) is 0.898. The maximum atomic E-state index is 5.93. The average Bonchev–Trinajstić information content (AvgIpc) is 2.03. The fourth-order valence-corrected chi connectivity index (χ4v) is 1.69. The maximum absolute atomic E-state index is 5.93. The molecule has 0 aliphatic heterocycles. The molecule has 0 spiro atoms. The van der Waals surface area contributed by atoms with Crippen molar-refractivity contribution in [3.8, 4) is 5.75 Å². The van der Waals surface area contributed by atoms with Gasteiger partial charge in [0.15, 0.2) is 0 Å². The van der Waals surface area contributed by atoms with Crippen LogP contribution in [0.1, 0.15) is 5.56 Å². The van der Waals surface area contributed by atoms with Gasteiger partial charge in [-0.2, -0.15) is 0 Å². The zero-order valence-electron chi connectivity index (χ0n) is 6.85. The van der Waals surface area contributed by atoms with Crippen LogP contribution in [0.3, 0.4) is 0 Å². The lowest BCUT2D eigenvalue weighted by Crippen LogP contribution is -1.83. The van der Waals surface area contributed by atoms with Gasteiger partial charge in [-0.05, 0) is 55.6 Å². The Morgan fingerprint density at radius 2 is 2.15 bits per heavy atom. The predicted molar refractivity (Wildman–Crippen MR) is 63.8 cm³/mol. The minimum absolute atomic E-state index is 0.609. The molecule has 0 aliphatic carbocycles. The number of hydrogen-bond acceptors (Lipinski definition) is 1. The van der Waals surface area contributed by atoms with Crippen LogP contribution in [0, 0.1) is 0 Å². The summed E-state index contributed by atoms with van der Waals surface area (Å²) >= 11 is 12.5. The number of hydrogen-bond donors (Lipinski definition) is 0. The molecule has 0 amide bonds. The highest BCUT2D eigenvalue weighted by Gasteiger charge is 1.99. The molecule has 4 heteroatoms. The molecule has 0 saturated carbocycles. The van der Waals surface area contributed by atoms with Crippen molar-refractivity contribution in [2.45, 2.75) is 0 Å². The topological polar surface area (TPSA) is 9.23 Å². The Labute approximate surface area is 99.0 Å². The molecule has 0 aromatic heterocycles. The SMILES string of the molecule is COc1ccc(C=C(Br)Br)cc1Cl. The van der Waals surface area contributed by atoms with E-state index in [4.69, 9.17) is 16.3 Å². The van der Waals surface area contributed by atoms with E-state index in [2.05, 4.69) is 31.9 Å². The first-order chi connectivity index (χ1) is 6.13. The third-order valence-electron chi connectivity index (χ3n) is 1.45. The summed E-state index contributed by atoms with van der Waals surface area (Å²) in [6, 6.07) is 5.59. The lowest BCUT2D eigenvalue weighted by Gasteiger charge is -2.02. The smallest absolute Gasteiger partial charge is 0.137 e. The van der Waals surface area contributed by atoms with Gasteiger partial charge in [0.1, 0.15) is 5.75 Å². The van der Waals surface area contributed by atoms with Crippen molar-refractivity contribution in [3.05, 3.63) is 32.2 Å². The Morgan fingerprint density at radius 1 is 1.46 bits per heavy atom. The summed E-state index contributed by atoms with van der Waals surface area (Å²) in [7, 11) is 1.59. The minimum Gasteiger partial charge on any atom is -0.495 e. The number of halogens is 3. The van der Waals surface area contributed by atoms with Crippen molar-refractivity contribution in [1.82, 2.24) is 0 Å². The van der Waals surface area contributed by atoms with E-state index in [9.17, 15) is 0 Å². The van der Waals surface area contributed by atoms with E-state index >= 15 is 0 Å². The standard InChI is InChI=1S/C9H7Br2ClO/c1-13-8-3-2-6(4-7(8)12)5-9(10)11/h2-5H,1H3. The summed E-state index contributed by atoms with van der Waals surface area (Å²) in [6.45, 7) is 0. The largest absolute Gasteiger partial charge is 0.495 e. The van der Waals surface area contributed by atoms with Gasteiger partial charge >= 0.3 is 0 Å². The highest BCUT2D eigenvalue weighted by molar-refractivity contribution is 9.28. The summed E-state index contributed by atoms with van der Waals surface area (Å²) in [5.74, 6) is 0.685. The van der Waals surface area contributed by atoms with Crippen molar-refractivity contribution >= 4 is 49.5 Å². The van der Waals surface area contributed by atoms with E-state index in [-0.39, 0.29) is 0 Å². The molecular weight excluding hydrogens is 319 g/mol. The molecular formula is C9H7Br2ClO. The first-order valence-corrected chi connectivity index (χ1v) is 5.46. The van der Waals surface area contributed by atoms with Crippen LogP contribution >= 0.6 is 43.5 Å². The van der Waals surface area contributed by atoms with Crippen molar-refractivity contribution in [3.63, 3.8) is 0 Å². The van der Waals surface area contributed by atoms with E-state index in [1.54, 1.807) is 7.11 Å². The number of ether oxygens (including phenoxy) is 1. The second kappa shape index (κ2) is 5.03. The number of methoxy groups -OCH3 is 1. The third-order valence-corrected chi connectivity index (χ3v) is 2.20. The predicted octanol–water partition coefficient (Wildman–Crippen LogP) is 4.44. The average molecular weight is 326 g/mol. The van der Waals surface area contributed by atoms with Crippen molar-refractivity contribution in [1.29, 1.82) is 0 Å². The molecule has 0 atom stereocenters. The van der Waals surface area contributed by atoms with Crippen LogP contribution in [-0.4, -0.2) is 7.11 Å². The molecule has 70 valence electrons. The van der Waals surface area contributed by atoms with Crippen LogP contribution in [0.4, 0.5) is 0 Å². The van der Waals surface area contributed by atoms with Gasteiger partial charge in [0, 0.05) is 0 Å². The monoisotopic (exact) mass is 324 g/mol. The van der Waals surface area contributed by atoms with Crippen LogP contribution in [0.2, 0.25) is 5.02 Å². The van der Waals surface area contributed by atoms with Crippen molar-refractivity contribution in [2.75, 3.05) is 7.11 Å². The Morgan fingerprint density at radius 3 is 2.62 bits per heavy atom. The summed E-state index contributed by atoms with van der Waals surface area (Å²) in [4.78, 5) is 0. The molecule has 0 aliphatic rings. The Balaban J connectivity index is 3.03. The first kappa shape index (κ1) is 11.1. The third kappa shape index (κ3) is 3.33. The second-order valence-corrected chi connectivity index (χ2v) is 5.51. The second-order valence-electron chi connectivity index (χ2n) is 2.33. The van der Waals surface area contributed by atoms with Gasteiger partial charge in [0.25, 0.3) is 0 Å². The van der Waals surface area contributed by atoms with Crippen LogP contribution in [0.5, 0.6) is 5.75 Å². The van der Waals surface area contributed by atoms with Gasteiger partial charge in [-0.3, -0.25) is 0 Å². The summed E-state index contributed by atoms with van der Waals surface area (Å²) in [6.07, 6.45) is 1.91. The van der Waals surface area contributed by atoms with Gasteiger partial charge in [-0.1, -0.05) is 17.7 Å². The van der Waals surface area contributed by atoms with E-state index in [0.717, 1.165) is 8.96 Å². The molecule has 0 fully saturated rings. The molecule has 0 unspecified atom stereocenters. The van der Waals surface area contributed by atoms with Crippen LogP contribution in [-0.2, 0) is 0 Å². The molecule has 0 N–H and O–H groups in total. The molecule has 1 aromatic carbocycles. The lowest BCUT2D eigenvalue weighted by molar-refractivity contribution is 0.415. The van der Waals surface area contributed by atoms with E-state index in [1.165, 1.54) is 0 Å².